The number of nitrogens with one attached hydrogen (secondary N) is 1. The molecule has 0 fully saturated rings. The van der Waals surface area contributed by atoms with Gasteiger partial charge in [0.05, 0.1) is 11.4 Å². The minimum absolute atomic E-state index is 0.0769. The Hall–Kier alpha value is -2.19. The third-order valence-electron chi connectivity index (χ3n) is 3.90. The molecule has 2 aromatic rings. The summed E-state index contributed by atoms with van der Waals surface area (Å²) in [7, 11) is -3.90. The molecule has 1 aliphatic rings. The van der Waals surface area contributed by atoms with E-state index in [2.05, 4.69) is 9.82 Å². The SMILES string of the molecule is O=C(O)C(Cn1cccn1)NS(=O)(=O)c1ccc2c(c1)CCC2. The van der Waals surface area contributed by atoms with Crippen LogP contribution >= 0.6 is 0 Å². The van der Waals surface area contributed by atoms with Gasteiger partial charge in [0.15, 0.2) is 0 Å². The van der Waals surface area contributed by atoms with Crippen LogP contribution < -0.4 is 4.72 Å². The lowest BCUT2D eigenvalue weighted by molar-refractivity contribution is -0.139. The Morgan fingerprint density at radius 2 is 2.13 bits per heavy atom. The summed E-state index contributed by atoms with van der Waals surface area (Å²) in [6.45, 7) is -0.0769. The fourth-order valence-electron chi connectivity index (χ4n) is 2.73. The first-order valence-electron chi connectivity index (χ1n) is 7.30. The highest BCUT2D eigenvalue weighted by Crippen LogP contribution is 2.24. The molecule has 0 amide bonds. The maximum atomic E-state index is 12.5. The van der Waals surface area contributed by atoms with Gasteiger partial charge < -0.3 is 5.11 Å². The van der Waals surface area contributed by atoms with Crippen molar-refractivity contribution in [3.05, 3.63) is 47.8 Å². The fourth-order valence-corrected chi connectivity index (χ4v) is 3.96. The summed E-state index contributed by atoms with van der Waals surface area (Å²) < 4.78 is 28.6. The van der Waals surface area contributed by atoms with Crippen LogP contribution in [0.5, 0.6) is 0 Å². The van der Waals surface area contributed by atoms with Crippen LogP contribution in [0.4, 0.5) is 0 Å². The van der Waals surface area contributed by atoms with E-state index in [1.807, 2.05) is 0 Å². The van der Waals surface area contributed by atoms with Gasteiger partial charge in [0, 0.05) is 12.4 Å². The van der Waals surface area contributed by atoms with E-state index in [0.717, 1.165) is 30.4 Å². The average molecular weight is 335 g/mol. The summed E-state index contributed by atoms with van der Waals surface area (Å²) in [5.74, 6) is -1.25. The summed E-state index contributed by atoms with van der Waals surface area (Å²) >= 11 is 0. The lowest BCUT2D eigenvalue weighted by Gasteiger charge is -2.15. The molecule has 8 heteroatoms. The summed E-state index contributed by atoms with van der Waals surface area (Å²) in [5.41, 5.74) is 2.18. The molecule has 0 spiro atoms. The maximum Gasteiger partial charge on any atom is 0.323 e. The first-order valence-corrected chi connectivity index (χ1v) is 8.78. The monoisotopic (exact) mass is 335 g/mol. The second-order valence-electron chi connectivity index (χ2n) is 5.52. The van der Waals surface area contributed by atoms with Crippen LogP contribution in [0.15, 0.2) is 41.6 Å². The highest BCUT2D eigenvalue weighted by atomic mass is 32.2. The second-order valence-corrected chi connectivity index (χ2v) is 7.24. The Bertz CT molecular complexity index is 815. The number of hydrogen-bond acceptors (Lipinski definition) is 4. The quantitative estimate of drug-likeness (QED) is 0.813. The molecule has 122 valence electrons. The van der Waals surface area contributed by atoms with Crippen LogP contribution in [0, 0.1) is 0 Å². The van der Waals surface area contributed by atoms with Gasteiger partial charge in [-0.25, -0.2) is 8.42 Å². The van der Waals surface area contributed by atoms with Gasteiger partial charge in [-0.1, -0.05) is 6.07 Å². The molecule has 0 aliphatic heterocycles. The van der Waals surface area contributed by atoms with E-state index in [4.69, 9.17) is 0 Å². The van der Waals surface area contributed by atoms with Crippen LogP contribution in [0.2, 0.25) is 0 Å². The number of aromatic nitrogens is 2. The summed E-state index contributed by atoms with van der Waals surface area (Å²) in [4.78, 5) is 11.5. The van der Waals surface area contributed by atoms with Crippen LogP contribution in [-0.2, 0) is 34.2 Å². The number of benzene rings is 1. The molecule has 1 heterocycles. The van der Waals surface area contributed by atoms with Crippen LogP contribution in [-0.4, -0.2) is 35.3 Å². The molecule has 1 unspecified atom stereocenters. The van der Waals surface area contributed by atoms with Gasteiger partial charge >= 0.3 is 5.97 Å². The number of carboxylic acid groups (broad SMARTS) is 1. The van der Waals surface area contributed by atoms with E-state index in [1.165, 1.54) is 16.9 Å². The van der Waals surface area contributed by atoms with Crippen molar-refractivity contribution in [3.8, 4) is 0 Å². The van der Waals surface area contributed by atoms with Gasteiger partial charge in [0.2, 0.25) is 10.0 Å². The third-order valence-corrected chi connectivity index (χ3v) is 5.37. The fraction of sp³-hybridized carbons (Fsp3) is 0.333. The first-order chi connectivity index (χ1) is 11.0. The van der Waals surface area contributed by atoms with E-state index in [9.17, 15) is 18.3 Å². The largest absolute Gasteiger partial charge is 0.480 e. The average Bonchev–Trinajstić information content (AvgIpc) is 3.16. The molecule has 1 atom stereocenters. The molecule has 1 aromatic carbocycles. The van der Waals surface area contributed by atoms with Crippen LogP contribution in [0.1, 0.15) is 17.5 Å². The number of carboxylic acids is 1. The van der Waals surface area contributed by atoms with E-state index in [1.54, 1.807) is 24.4 Å². The summed E-state index contributed by atoms with van der Waals surface area (Å²) in [5, 5.41) is 13.2. The zero-order valence-corrected chi connectivity index (χ0v) is 13.2. The van der Waals surface area contributed by atoms with Gasteiger partial charge in [0.1, 0.15) is 6.04 Å². The molecule has 2 N–H and O–H groups in total. The van der Waals surface area contributed by atoms with Crippen molar-refractivity contribution in [2.45, 2.75) is 36.7 Å². The van der Waals surface area contributed by atoms with E-state index in [-0.39, 0.29) is 11.4 Å². The van der Waals surface area contributed by atoms with Gasteiger partial charge in [-0.3, -0.25) is 9.48 Å². The molecule has 7 nitrogen and oxygen atoms in total. The number of sulfonamides is 1. The van der Waals surface area contributed by atoms with Crippen molar-refractivity contribution in [1.82, 2.24) is 14.5 Å². The van der Waals surface area contributed by atoms with Gasteiger partial charge in [-0.15, -0.1) is 0 Å². The molecule has 0 bridgehead atoms. The smallest absolute Gasteiger partial charge is 0.323 e. The number of hydrogen-bond donors (Lipinski definition) is 2. The molecular formula is C15H17N3O4S. The van der Waals surface area contributed by atoms with Crippen molar-refractivity contribution in [2.75, 3.05) is 0 Å². The van der Waals surface area contributed by atoms with Crippen molar-refractivity contribution in [2.24, 2.45) is 0 Å². The number of carbonyl (C=O) groups is 1. The lowest BCUT2D eigenvalue weighted by Crippen LogP contribution is -2.43. The molecule has 3 rings (SSSR count). The Morgan fingerprint density at radius 1 is 1.35 bits per heavy atom. The number of aliphatic carboxylic acids is 1. The van der Waals surface area contributed by atoms with Gasteiger partial charge in [-0.05, 0) is 48.6 Å². The first kappa shape index (κ1) is 15.7. The van der Waals surface area contributed by atoms with Gasteiger partial charge in [-0.2, -0.15) is 9.82 Å². The Kier molecular flexibility index (Phi) is 4.18. The van der Waals surface area contributed by atoms with Crippen molar-refractivity contribution >= 4 is 16.0 Å². The van der Waals surface area contributed by atoms with Gasteiger partial charge in [0.25, 0.3) is 0 Å². The molecule has 23 heavy (non-hydrogen) atoms. The van der Waals surface area contributed by atoms with E-state index in [0.29, 0.717) is 0 Å². The minimum Gasteiger partial charge on any atom is -0.480 e. The van der Waals surface area contributed by atoms with Crippen LogP contribution in [0.25, 0.3) is 0 Å². The molecule has 1 aliphatic carbocycles. The van der Waals surface area contributed by atoms with Crippen molar-refractivity contribution in [3.63, 3.8) is 0 Å². The number of rotatable bonds is 6. The molecule has 0 saturated carbocycles. The lowest BCUT2D eigenvalue weighted by atomic mass is 10.1. The maximum absolute atomic E-state index is 12.5. The van der Waals surface area contributed by atoms with Crippen molar-refractivity contribution < 1.29 is 18.3 Å². The molecule has 0 saturated heterocycles. The Balaban J connectivity index is 1.82. The van der Waals surface area contributed by atoms with E-state index < -0.39 is 22.0 Å². The number of nitrogens with zero attached hydrogens (tertiary/aromatic N) is 2. The zero-order chi connectivity index (χ0) is 16.4. The second kappa shape index (κ2) is 6.13. The molecular weight excluding hydrogens is 318 g/mol. The standard InChI is InChI=1S/C15H17N3O4S/c19-15(20)14(10-18-8-2-7-16-18)17-23(21,22)13-6-5-11-3-1-4-12(11)9-13/h2,5-9,14,17H,1,3-4,10H2,(H,19,20). The third kappa shape index (κ3) is 3.43. The Morgan fingerprint density at radius 3 is 2.83 bits per heavy atom. The number of fused-ring (bicyclic) bond motifs is 1. The zero-order valence-electron chi connectivity index (χ0n) is 12.3. The van der Waals surface area contributed by atoms with E-state index >= 15 is 0 Å². The number of aryl methyl sites for hydroxylation is 2. The molecule has 0 radical (unpaired) electrons. The summed E-state index contributed by atoms with van der Waals surface area (Å²) in [6.07, 6.45) is 5.92. The highest BCUT2D eigenvalue weighted by Gasteiger charge is 2.27. The summed E-state index contributed by atoms with van der Waals surface area (Å²) in [6, 6.07) is 5.33. The normalized spacial score (nSPS) is 15.3. The predicted octanol–water partition coefficient (Wildman–Crippen LogP) is 0.804. The molecule has 1 aromatic heterocycles. The minimum atomic E-state index is -3.90. The Labute approximate surface area is 134 Å². The topological polar surface area (TPSA) is 101 Å². The van der Waals surface area contributed by atoms with Crippen molar-refractivity contribution in [1.29, 1.82) is 0 Å². The highest BCUT2D eigenvalue weighted by molar-refractivity contribution is 7.89. The van der Waals surface area contributed by atoms with Crippen LogP contribution in [0.3, 0.4) is 0 Å². The predicted molar refractivity (Wildman–Crippen MR) is 82.4 cm³/mol.